The lowest BCUT2D eigenvalue weighted by atomic mass is 10.2. The van der Waals surface area contributed by atoms with Crippen molar-refractivity contribution in [1.82, 2.24) is 0 Å². The molecule has 0 aliphatic rings. The Balaban J connectivity index is 2.10. The van der Waals surface area contributed by atoms with Gasteiger partial charge in [0, 0.05) is 5.69 Å². The van der Waals surface area contributed by atoms with E-state index in [4.69, 9.17) is 5.26 Å². The van der Waals surface area contributed by atoms with Crippen molar-refractivity contribution >= 4 is 21.4 Å². The average molecular weight is 300 g/mol. The first-order valence-electron chi connectivity index (χ1n) is 6.09. The van der Waals surface area contributed by atoms with Crippen LogP contribution in [0.15, 0.2) is 59.5 Å². The number of amides is 1. The molecular weight excluding hydrogens is 288 g/mol. The van der Waals surface area contributed by atoms with E-state index in [1.807, 2.05) is 6.07 Å². The van der Waals surface area contributed by atoms with Crippen LogP contribution in [0.4, 0.5) is 5.69 Å². The Kier molecular flexibility index (Phi) is 4.36. The third kappa shape index (κ3) is 3.91. The maximum absolute atomic E-state index is 12.0. The summed E-state index contributed by atoms with van der Waals surface area (Å²) in [7, 11) is -3.67. The van der Waals surface area contributed by atoms with Gasteiger partial charge in [0.2, 0.25) is 5.91 Å². The molecular formula is C15H12N2O3S. The molecule has 0 fully saturated rings. The molecule has 2 rings (SSSR count). The Hall–Kier alpha value is -2.65. The number of hydrogen-bond donors (Lipinski definition) is 1. The standard InChI is InChI=1S/C15H12N2O3S/c16-10-12-5-4-6-13(9-12)17-15(18)11-21(19,20)14-7-2-1-3-8-14/h1-9H,11H2,(H,17,18). The summed E-state index contributed by atoms with van der Waals surface area (Å²) in [4.78, 5) is 11.9. The highest BCUT2D eigenvalue weighted by Gasteiger charge is 2.19. The van der Waals surface area contributed by atoms with Gasteiger partial charge in [0.1, 0.15) is 5.75 Å². The molecule has 0 radical (unpaired) electrons. The molecule has 0 atom stereocenters. The van der Waals surface area contributed by atoms with Crippen molar-refractivity contribution in [3.8, 4) is 6.07 Å². The summed E-state index contributed by atoms with van der Waals surface area (Å²) in [6, 6.07) is 16.0. The van der Waals surface area contributed by atoms with E-state index in [1.165, 1.54) is 18.2 Å². The number of hydrogen-bond acceptors (Lipinski definition) is 4. The normalized spacial score (nSPS) is 10.6. The summed E-state index contributed by atoms with van der Waals surface area (Å²) in [5.41, 5.74) is 0.779. The Morgan fingerprint density at radius 3 is 2.48 bits per heavy atom. The molecule has 6 heteroatoms. The van der Waals surface area contributed by atoms with Gasteiger partial charge in [-0.3, -0.25) is 4.79 Å². The van der Waals surface area contributed by atoms with Crippen LogP contribution in [0.5, 0.6) is 0 Å². The second-order valence-electron chi connectivity index (χ2n) is 4.31. The van der Waals surface area contributed by atoms with Crippen LogP contribution in [0.2, 0.25) is 0 Å². The fourth-order valence-electron chi connectivity index (χ4n) is 1.75. The summed E-state index contributed by atoms with van der Waals surface area (Å²) >= 11 is 0. The Morgan fingerprint density at radius 2 is 1.81 bits per heavy atom. The molecule has 2 aromatic carbocycles. The molecule has 0 aliphatic carbocycles. The van der Waals surface area contributed by atoms with Crippen LogP contribution < -0.4 is 5.32 Å². The summed E-state index contributed by atoms with van der Waals surface area (Å²) in [6.45, 7) is 0. The van der Waals surface area contributed by atoms with Gasteiger partial charge in [0.05, 0.1) is 16.5 Å². The number of rotatable bonds is 4. The van der Waals surface area contributed by atoms with Gasteiger partial charge in [-0.25, -0.2) is 8.42 Å². The molecule has 0 spiro atoms. The lowest BCUT2D eigenvalue weighted by Crippen LogP contribution is -2.23. The molecule has 0 aliphatic heterocycles. The molecule has 1 amide bonds. The van der Waals surface area contributed by atoms with Crippen LogP contribution in [0, 0.1) is 11.3 Å². The second kappa shape index (κ2) is 6.20. The Morgan fingerprint density at radius 1 is 1.10 bits per heavy atom. The van der Waals surface area contributed by atoms with E-state index in [0.717, 1.165) is 0 Å². The quantitative estimate of drug-likeness (QED) is 0.935. The number of benzene rings is 2. The summed E-state index contributed by atoms with van der Waals surface area (Å²) in [5.74, 6) is -1.29. The van der Waals surface area contributed by atoms with Crippen LogP contribution >= 0.6 is 0 Å². The highest BCUT2D eigenvalue weighted by molar-refractivity contribution is 7.92. The van der Waals surface area contributed by atoms with E-state index in [9.17, 15) is 13.2 Å². The summed E-state index contributed by atoms with van der Waals surface area (Å²) in [6.07, 6.45) is 0. The molecule has 0 heterocycles. The van der Waals surface area contributed by atoms with Gasteiger partial charge in [-0.1, -0.05) is 24.3 Å². The Bertz CT molecular complexity index is 793. The molecule has 0 bridgehead atoms. The minimum Gasteiger partial charge on any atom is -0.325 e. The molecule has 0 unspecified atom stereocenters. The minimum absolute atomic E-state index is 0.103. The summed E-state index contributed by atoms with van der Waals surface area (Å²) < 4.78 is 24.1. The summed E-state index contributed by atoms with van der Waals surface area (Å²) in [5, 5.41) is 11.2. The van der Waals surface area contributed by atoms with Gasteiger partial charge >= 0.3 is 0 Å². The third-order valence-corrected chi connectivity index (χ3v) is 4.33. The monoisotopic (exact) mass is 300 g/mol. The SMILES string of the molecule is N#Cc1cccc(NC(=O)CS(=O)(=O)c2ccccc2)c1. The van der Waals surface area contributed by atoms with Crippen LogP contribution in [0.3, 0.4) is 0 Å². The van der Waals surface area contributed by atoms with Gasteiger partial charge in [0.25, 0.3) is 0 Å². The zero-order valence-electron chi connectivity index (χ0n) is 11.0. The maximum atomic E-state index is 12.0. The number of nitriles is 1. The molecule has 106 valence electrons. The van der Waals surface area contributed by atoms with E-state index in [1.54, 1.807) is 36.4 Å². The van der Waals surface area contributed by atoms with E-state index < -0.39 is 21.5 Å². The van der Waals surface area contributed by atoms with Gasteiger partial charge < -0.3 is 5.32 Å². The average Bonchev–Trinajstić information content (AvgIpc) is 2.47. The van der Waals surface area contributed by atoms with Crippen LogP contribution in [0.1, 0.15) is 5.56 Å². The lowest BCUT2D eigenvalue weighted by molar-refractivity contribution is -0.113. The molecule has 1 N–H and O–H groups in total. The fraction of sp³-hybridized carbons (Fsp3) is 0.0667. The van der Waals surface area contributed by atoms with E-state index in [2.05, 4.69) is 5.32 Å². The lowest BCUT2D eigenvalue weighted by Gasteiger charge is -2.06. The Labute approximate surface area is 122 Å². The maximum Gasteiger partial charge on any atom is 0.239 e. The van der Waals surface area contributed by atoms with Crippen LogP contribution in [0.25, 0.3) is 0 Å². The predicted octanol–water partition coefficient (Wildman–Crippen LogP) is 1.97. The molecule has 21 heavy (non-hydrogen) atoms. The predicted molar refractivity (Wildman–Crippen MR) is 78.3 cm³/mol. The van der Waals surface area contributed by atoms with E-state index in [-0.39, 0.29) is 4.90 Å². The van der Waals surface area contributed by atoms with Crippen molar-refractivity contribution in [2.45, 2.75) is 4.90 Å². The van der Waals surface area contributed by atoms with Crippen LogP contribution in [-0.4, -0.2) is 20.1 Å². The van der Waals surface area contributed by atoms with Crippen LogP contribution in [-0.2, 0) is 14.6 Å². The zero-order valence-corrected chi connectivity index (χ0v) is 11.8. The van der Waals surface area contributed by atoms with Crippen molar-refractivity contribution in [3.63, 3.8) is 0 Å². The largest absolute Gasteiger partial charge is 0.325 e. The zero-order chi connectivity index (χ0) is 15.3. The first kappa shape index (κ1) is 14.8. The molecule has 5 nitrogen and oxygen atoms in total. The number of carbonyl (C=O) groups excluding carboxylic acids is 1. The number of nitrogens with zero attached hydrogens (tertiary/aromatic N) is 1. The van der Waals surface area contributed by atoms with Crippen molar-refractivity contribution in [1.29, 1.82) is 5.26 Å². The van der Waals surface area contributed by atoms with Gasteiger partial charge in [-0.2, -0.15) is 5.26 Å². The van der Waals surface area contributed by atoms with Crippen molar-refractivity contribution in [2.24, 2.45) is 0 Å². The van der Waals surface area contributed by atoms with E-state index in [0.29, 0.717) is 11.3 Å². The topological polar surface area (TPSA) is 87.0 Å². The van der Waals surface area contributed by atoms with Gasteiger partial charge in [0.15, 0.2) is 9.84 Å². The van der Waals surface area contributed by atoms with E-state index >= 15 is 0 Å². The van der Waals surface area contributed by atoms with Gasteiger partial charge in [-0.05, 0) is 30.3 Å². The number of anilines is 1. The number of sulfone groups is 1. The molecule has 2 aromatic rings. The molecule has 0 aromatic heterocycles. The first-order valence-corrected chi connectivity index (χ1v) is 7.74. The third-order valence-electron chi connectivity index (χ3n) is 2.70. The number of carbonyl (C=O) groups is 1. The number of nitrogens with one attached hydrogen (secondary N) is 1. The molecule has 0 saturated heterocycles. The van der Waals surface area contributed by atoms with Gasteiger partial charge in [-0.15, -0.1) is 0 Å². The molecule has 0 saturated carbocycles. The first-order chi connectivity index (χ1) is 10.0. The smallest absolute Gasteiger partial charge is 0.239 e. The van der Waals surface area contributed by atoms with Crippen molar-refractivity contribution in [3.05, 3.63) is 60.2 Å². The van der Waals surface area contributed by atoms with Crippen molar-refractivity contribution in [2.75, 3.05) is 11.1 Å². The minimum atomic E-state index is -3.67. The second-order valence-corrected chi connectivity index (χ2v) is 6.30. The highest BCUT2D eigenvalue weighted by atomic mass is 32.2. The fourth-order valence-corrected chi connectivity index (χ4v) is 2.90. The highest BCUT2D eigenvalue weighted by Crippen LogP contribution is 2.13. The van der Waals surface area contributed by atoms with Crippen molar-refractivity contribution < 1.29 is 13.2 Å².